The number of nitrogens with one attached hydrogen (secondary N) is 2. The highest BCUT2D eigenvalue weighted by molar-refractivity contribution is 4.67. The lowest BCUT2D eigenvalue weighted by Gasteiger charge is -2.26. The van der Waals surface area contributed by atoms with Gasteiger partial charge in [0.2, 0.25) is 0 Å². The van der Waals surface area contributed by atoms with Crippen molar-refractivity contribution >= 4 is 0 Å². The smallest absolute Gasteiger partial charge is 0.0108 e. The summed E-state index contributed by atoms with van der Waals surface area (Å²) in [7, 11) is 2.00. The van der Waals surface area contributed by atoms with E-state index in [9.17, 15) is 0 Å². The molecule has 0 radical (unpaired) electrons. The van der Waals surface area contributed by atoms with Crippen LogP contribution in [0.2, 0.25) is 0 Å². The summed E-state index contributed by atoms with van der Waals surface area (Å²) < 4.78 is 0. The Bertz CT molecular complexity index is 80.6. The van der Waals surface area contributed by atoms with Gasteiger partial charge in [0.25, 0.3) is 0 Å². The molecular formula is C11H29N3. The molecule has 1 rings (SSSR count). The van der Waals surface area contributed by atoms with Gasteiger partial charge in [0.1, 0.15) is 0 Å². The van der Waals surface area contributed by atoms with Gasteiger partial charge in [0.05, 0.1) is 0 Å². The fourth-order valence-electron chi connectivity index (χ4n) is 1.20. The van der Waals surface area contributed by atoms with E-state index in [-0.39, 0.29) is 0 Å². The number of hydrogen-bond acceptors (Lipinski definition) is 3. The molecule has 0 saturated carbocycles. The van der Waals surface area contributed by atoms with Gasteiger partial charge in [-0.1, -0.05) is 27.7 Å². The Hall–Kier alpha value is -0.120. The van der Waals surface area contributed by atoms with Crippen molar-refractivity contribution in [3.05, 3.63) is 0 Å². The molecule has 3 nitrogen and oxygen atoms in total. The summed E-state index contributed by atoms with van der Waals surface area (Å²) >= 11 is 0. The van der Waals surface area contributed by atoms with Crippen molar-refractivity contribution in [2.45, 2.75) is 27.7 Å². The summed E-state index contributed by atoms with van der Waals surface area (Å²) in [6.07, 6.45) is 0. The zero-order chi connectivity index (χ0) is 11.2. The van der Waals surface area contributed by atoms with Crippen LogP contribution < -0.4 is 10.6 Å². The van der Waals surface area contributed by atoms with E-state index in [0.29, 0.717) is 0 Å². The molecule has 0 aliphatic carbocycles. The first-order valence-electron chi connectivity index (χ1n) is 6.01. The largest absolute Gasteiger partial charge is 0.318 e. The Morgan fingerprint density at radius 3 is 2.00 bits per heavy atom. The lowest BCUT2D eigenvalue weighted by molar-refractivity contribution is 0.243. The Kier molecular flexibility index (Phi) is 17.9. The molecule has 1 heterocycles. The summed E-state index contributed by atoms with van der Waals surface area (Å²) in [6, 6.07) is 0. The minimum Gasteiger partial charge on any atom is -0.318 e. The summed E-state index contributed by atoms with van der Waals surface area (Å²) in [6.45, 7) is 15.0. The monoisotopic (exact) mass is 203 g/mol. The molecule has 0 aromatic heterocycles. The Morgan fingerprint density at radius 2 is 1.57 bits per heavy atom. The number of nitrogens with zero attached hydrogens (tertiary/aromatic N) is 1. The molecule has 0 atom stereocenters. The highest BCUT2D eigenvalue weighted by Gasteiger charge is 2.06. The fraction of sp³-hybridized carbons (Fsp3) is 1.00. The average Bonchev–Trinajstić information content (AvgIpc) is 2.33. The molecule has 1 aliphatic heterocycles. The van der Waals surface area contributed by atoms with Gasteiger partial charge in [-0.15, -0.1) is 0 Å². The second kappa shape index (κ2) is 15.4. The molecule has 1 fully saturated rings. The second-order valence-corrected chi connectivity index (χ2v) is 2.70. The summed E-state index contributed by atoms with van der Waals surface area (Å²) in [5, 5.41) is 6.48. The van der Waals surface area contributed by atoms with Crippen LogP contribution in [0.15, 0.2) is 0 Å². The molecule has 0 amide bonds. The first kappa shape index (κ1) is 16.3. The maximum atomic E-state index is 3.33. The van der Waals surface area contributed by atoms with Crippen molar-refractivity contribution < 1.29 is 0 Å². The molecule has 3 heteroatoms. The van der Waals surface area contributed by atoms with E-state index in [1.165, 1.54) is 19.6 Å². The van der Waals surface area contributed by atoms with Crippen LogP contribution in [0.3, 0.4) is 0 Å². The SMILES string of the molecule is CC.CC.CNCCN1CCNCC1. The lowest BCUT2D eigenvalue weighted by atomic mass is 10.3. The first-order valence-corrected chi connectivity index (χ1v) is 6.01. The molecule has 0 aromatic rings. The molecule has 0 unspecified atom stereocenters. The van der Waals surface area contributed by atoms with E-state index in [1.54, 1.807) is 0 Å². The van der Waals surface area contributed by atoms with Crippen LogP contribution in [0.1, 0.15) is 27.7 Å². The molecule has 0 spiro atoms. The topological polar surface area (TPSA) is 27.3 Å². The third-order valence-electron chi connectivity index (χ3n) is 1.89. The summed E-state index contributed by atoms with van der Waals surface area (Å²) in [5.41, 5.74) is 0. The molecule has 14 heavy (non-hydrogen) atoms. The van der Waals surface area contributed by atoms with Crippen LogP contribution in [-0.4, -0.2) is 51.2 Å². The average molecular weight is 203 g/mol. The predicted octanol–water partition coefficient (Wildman–Crippen LogP) is 1.16. The van der Waals surface area contributed by atoms with E-state index in [1.807, 2.05) is 34.7 Å². The lowest BCUT2D eigenvalue weighted by Crippen LogP contribution is -2.45. The molecule has 0 aromatic carbocycles. The van der Waals surface area contributed by atoms with Crippen molar-refractivity contribution in [2.24, 2.45) is 0 Å². The number of piperazine rings is 1. The Morgan fingerprint density at radius 1 is 1.07 bits per heavy atom. The third kappa shape index (κ3) is 9.96. The van der Waals surface area contributed by atoms with Crippen LogP contribution in [-0.2, 0) is 0 Å². The fourth-order valence-corrected chi connectivity index (χ4v) is 1.20. The maximum Gasteiger partial charge on any atom is 0.0108 e. The van der Waals surface area contributed by atoms with Gasteiger partial charge in [-0.2, -0.15) is 0 Å². The van der Waals surface area contributed by atoms with Crippen LogP contribution in [0.4, 0.5) is 0 Å². The normalized spacial score (nSPS) is 16.1. The van der Waals surface area contributed by atoms with Crippen molar-refractivity contribution in [3.8, 4) is 0 Å². The van der Waals surface area contributed by atoms with Gasteiger partial charge in [-0.05, 0) is 7.05 Å². The maximum absolute atomic E-state index is 3.33. The predicted molar refractivity (Wildman–Crippen MR) is 65.9 cm³/mol. The van der Waals surface area contributed by atoms with Gasteiger partial charge >= 0.3 is 0 Å². The second-order valence-electron chi connectivity index (χ2n) is 2.70. The highest BCUT2D eigenvalue weighted by Crippen LogP contribution is 1.88. The first-order chi connectivity index (χ1) is 6.93. The van der Waals surface area contributed by atoms with Gasteiger partial charge in [0.15, 0.2) is 0 Å². The molecule has 1 saturated heterocycles. The third-order valence-corrected chi connectivity index (χ3v) is 1.89. The van der Waals surface area contributed by atoms with Crippen LogP contribution in [0.5, 0.6) is 0 Å². The molecule has 0 bridgehead atoms. The van der Waals surface area contributed by atoms with Crippen LogP contribution >= 0.6 is 0 Å². The van der Waals surface area contributed by atoms with Gasteiger partial charge in [-0.3, -0.25) is 4.90 Å². The van der Waals surface area contributed by atoms with Crippen molar-refractivity contribution in [1.29, 1.82) is 0 Å². The molecule has 2 N–H and O–H groups in total. The molecule has 1 aliphatic rings. The minimum absolute atomic E-state index is 1.11. The zero-order valence-electron chi connectivity index (χ0n) is 10.7. The highest BCUT2D eigenvalue weighted by atomic mass is 15.2. The van der Waals surface area contributed by atoms with E-state index < -0.39 is 0 Å². The summed E-state index contributed by atoms with van der Waals surface area (Å²) in [5.74, 6) is 0. The van der Waals surface area contributed by atoms with Gasteiger partial charge in [-0.25, -0.2) is 0 Å². The number of hydrogen-bond donors (Lipinski definition) is 2. The Labute approximate surface area is 90.3 Å². The molecular weight excluding hydrogens is 174 g/mol. The van der Waals surface area contributed by atoms with E-state index in [4.69, 9.17) is 0 Å². The molecule has 88 valence electrons. The van der Waals surface area contributed by atoms with Crippen molar-refractivity contribution in [2.75, 3.05) is 46.3 Å². The van der Waals surface area contributed by atoms with Crippen LogP contribution in [0, 0.1) is 0 Å². The van der Waals surface area contributed by atoms with E-state index in [0.717, 1.165) is 19.6 Å². The number of likely N-dealkylation sites (N-methyl/N-ethyl adjacent to an activating group) is 1. The zero-order valence-corrected chi connectivity index (χ0v) is 10.7. The van der Waals surface area contributed by atoms with E-state index in [2.05, 4.69) is 15.5 Å². The van der Waals surface area contributed by atoms with Crippen LogP contribution in [0.25, 0.3) is 0 Å². The van der Waals surface area contributed by atoms with Crippen molar-refractivity contribution in [1.82, 2.24) is 15.5 Å². The van der Waals surface area contributed by atoms with Gasteiger partial charge in [0, 0.05) is 39.3 Å². The standard InChI is InChI=1S/C7H17N3.2C2H6/c1-8-2-5-10-6-3-9-4-7-10;2*1-2/h8-9H,2-7H2,1H3;2*1-2H3. The van der Waals surface area contributed by atoms with Crippen molar-refractivity contribution in [3.63, 3.8) is 0 Å². The number of rotatable bonds is 3. The van der Waals surface area contributed by atoms with Gasteiger partial charge < -0.3 is 10.6 Å². The quantitative estimate of drug-likeness (QED) is 0.721. The van der Waals surface area contributed by atoms with E-state index >= 15 is 0 Å². The Balaban J connectivity index is 0. The summed E-state index contributed by atoms with van der Waals surface area (Å²) in [4.78, 5) is 2.48. The minimum atomic E-state index is 1.11.